The van der Waals surface area contributed by atoms with E-state index in [0.717, 1.165) is 0 Å². The van der Waals surface area contributed by atoms with Crippen molar-refractivity contribution in [3.05, 3.63) is 50.9 Å². The summed E-state index contributed by atoms with van der Waals surface area (Å²) in [5.74, 6) is 0. The molecule has 0 unspecified atom stereocenters. The van der Waals surface area contributed by atoms with Gasteiger partial charge in [0.25, 0.3) is 7.12 Å². The first kappa shape index (κ1) is 42.2. The van der Waals surface area contributed by atoms with Crippen LogP contribution >= 0.6 is 0 Å². The number of rotatable bonds is 3. The Balaban J connectivity index is 3.00. The van der Waals surface area contributed by atoms with Crippen molar-refractivity contribution in [2.75, 3.05) is 0 Å². The van der Waals surface area contributed by atoms with Crippen LogP contribution in [0.1, 0.15) is 50.9 Å². The molecule has 0 spiro atoms. The molecule has 0 saturated heterocycles. The van der Waals surface area contributed by atoms with Crippen LogP contribution in [0.2, 0.25) is 0 Å². The van der Waals surface area contributed by atoms with Gasteiger partial charge in [-0.05, 0) is 0 Å². The second-order valence-electron chi connectivity index (χ2n) is 9.38. The maximum absolute atomic E-state index is 14.1. The molecule has 3 aromatic rings. The van der Waals surface area contributed by atoms with E-state index < -0.39 is 127 Å². The molecule has 0 amide bonds. The molecule has 3 aromatic heterocycles. The number of alkyl halides is 27. The minimum absolute atomic E-state index is 1.41. The van der Waals surface area contributed by atoms with Gasteiger partial charge in [-0.2, -0.15) is 119 Å². The monoisotopic (exact) mass is 824 g/mol. The third kappa shape index (κ3) is 7.63. The first-order valence-corrected chi connectivity index (χ1v) is 11.6. The minimum Gasteiger partial charge on any atom is -0.414 e. The van der Waals surface area contributed by atoms with E-state index >= 15 is 0 Å². The largest absolute Gasteiger partial charge is 0.435 e. The highest BCUT2D eigenvalue weighted by atomic mass is 19.4. The SMILES string of the molecule is FC(F)(F)c1nn([B-](n2nc(C(F)(F)F)c(C(F)(F)F)c2C(F)(F)F)n2nc(C(F)(F)F)c(C(F)(F)F)c2C(F)(F)F)c(C(F)(F)F)c1C(F)(F)F. The standard InChI is InChI=1S/C18BF27N6/c20-10(21,22)1-4(13(29,30)31)47-50(7(1)16(38,39)40)19(51-8(17(41,42)43)2(11(23,24)25)5(48-51)14(32,33)34)52-9(18(44,45)46)3(12(26,27)28)6(49-52)15(35,36)37/q-1. The molecule has 3 rings (SSSR count). The molecule has 0 saturated carbocycles. The topological polar surface area (TPSA) is 53.5 Å². The zero-order valence-electron chi connectivity index (χ0n) is 22.5. The summed E-state index contributed by atoms with van der Waals surface area (Å²) >= 11 is 0. The van der Waals surface area contributed by atoms with Gasteiger partial charge < -0.3 is 13.8 Å². The van der Waals surface area contributed by atoms with Crippen LogP contribution < -0.4 is 0 Å². The number of aromatic nitrogens is 6. The lowest BCUT2D eigenvalue weighted by atomic mass is 9.91. The first-order valence-electron chi connectivity index (χ1n) is 11.6. The highest BCUT2D eigenvalue weighted by Crippen LogP contribution is 2.51. The van der Waals surface area contributed by atoms with Gasteiger partial charge in [-0.15, -0.1) is 0 Å². The van der Waals surface area contributed by atoms with Gasteiger partial charge in [0.05, 0.1) is 0 Å². The summed E-state index contributed by atoms with van der Waals surface area (Å²) in [6.07, 6.45) is -65.2. The molecule has 6 nitrogen and oxygen atoms in total. The van der Waals surface area contributed by atoms with E-state index in [1.54, 1.807) is 0 Å². The number of hydrogen-bond donors (Lipinski definition) is 0. The Morgan fingerprint density at radius 1 is 0.269 bits per heavy atom. The van der Waals surface area contributed by atoms with Crippen molar-refractivity contribution in [2.24, 2.45) is 0 Å². The van der Waals surface area contributed by atoms with Gasteiger partial charge in [-0.3, -0.25) is 0 Å². The number of hydrogen-bond acceptors (Lipinski definition) is 3. The highest BCUT2D eigenvalue weighted by Gasteiger charge is 2.59. The van der Waals surface area contributed by atoms with E-state index in [0.29, 0.717) is 0 Å². The molecule has 0 bridgehead atoms. The molecule has 0 aliphatic carbocycles. The maximum atomic E-state index is 14.1. The molecule has 0 aliphatic rings. The molecule has 295 valence electrons. The summed E-state index contributed by atoms with van der Waals surface area (Å²) in [7, 11) is -5.66. The molecular formula is C18BF27N6-. The van der Waals surface area contributed by atoms with Crippen LogP contribution in [0.3, 0.4) is 0 Å². The highest BCUT2D eigenvalue weighted by molar-refractivity contribution is 6.53. The molecule has 34 heteroatoms. The van der Waals surface area contributed by atoms with Gasteiger partial charge in [0.1, 0.15) is 33.8 Å². The lowest BCUT2D eigenvalue weighted by Gasteiger charge is -2.36. The summed E-state index contributed by atoms with van der Waals surface area (Å²) in [6, 6.07) is 0. The summed E-state index contributed by atoms with van der Waals surface area (Å²) in [5, 5.41) is 4.23. The third-order valence-electron chi connectivity index (χ3n) is 5.85. The fourth-order valence-corrected chi connectivity index (χ4v) is 4.33. The molecule has 0 atom stereocenters. The second-order valence-corrected chi connectivity index (χ2v) is 9.38. The van der Waals surface area contributed by atoms with Crippen LogP contribution in [0.15, 0.2) is 0 Å². The zero-order chi connectivity index (χ0) is 41.1. The van der Waals surface area contributed by atoms with Gasteiger partial charge in [-0.25, -0.2) is 15.3 Å². The fourth-order valence-electron chi connectivity index (χ4n) is 4.33. The summed E-state index contributed by atoms with van der Waals surface area (Å²) in [4.78, 5) is 0. The summed E-state index contributed by atoms with van der Waals surface area (Å²) in [6.45, 7) is 0. The molecule has 0 aliphatic heterocycles. The molecule has 1 radical (unpaired) electrons. The lowest BCUT2D eigenvalue weighted by Crippen LogP contribution is -2.49. The van der Waals surface area contributed by atoms with E-state index in [4.69, 9.17) is 0 Å². The lowest BCUT2D eigenvalue weighted by molar-refractivity contribution is -0.175. The zero-order valence-corrected chi connectivity index (χ0v) is 22.5. The van der Waals surface area contributed by atoms with E-state index in [2.05, 4.69) is 0 Å². The van der Waals surface area contributed by atoms with Crippen LogP contribution in [0.25, 0.3) is 0 Å². The number of nitrogens with zero attached hydrogens (tertiary/aromatic N) is 6. The van der Waals surface area contributed by atoms with Crippen molar-refractivity contribution in [3.8, 4) is 0 Å². The van der Waals surface area contributed by atoms with Crippen molar-refractivity contribution < 1.29 is 119 Å². The minimum atomic E-state index is -7.41. The van der Waals surface area contributed by atoms with Crippen molar-refractivity contribution in [1.82, 2.24) is 29.1 Å². The van der Waals surface area contributed by atoms with E-state index in [1.165, 1.54) is 15.3 Å². The molecule has 0 aromatic carbocycles. The van der Waals surface area contributed by atoms with Crippen LogP contribution in [0, 0.1) is 0 Å². The summed E-state index contributed by atoms with van der Waals surface area (Å²) in [5.41, 5.74) is -39.0. The predicted octanol–water partition coefficient (Wildman–Crippen LogP) is 9.37. The van der Waals surface area contributed by atoms with Crippen LogP contribution in [-0.4, -0.2) is 36.2 Å². The molecule has 52 heavy (non-hydrogen) atoms. The second kappa shape index (κ2) is 11.7. The fraction of sp³-hybridized carbons (Fsp3) is 0.500. The predicted molar refractivity (Wildman–Crippen MR) is 104 cm³/mol. The van der Waals surface area contributed by atoms with Crippen molar-refractivity contribution in [2.45, 2.75) is 55.6 Å². The Morgan fingerprint density at radius 3 is 0.558 bits per heavy atom. The van der Waals surface area contributed by atoms with Gasteiger partial charge in [0.2, 0.25) is 0 Å². The maximum Gasteiger partial charge on any atom is 0.435 e. The van der Waals surface area contributed by atoms with Crippen LogP contribution in [0.4, 0.5) is 119 Å². The first-order chi connectivity index (χ1) is 22.5. The quantitative estimate of drug-likeness (QED) is 0.196. The Bertz CT molecular complexity index is 1600. The van der Waals surface area contributed by atoms with E-state index in [-0.39, 0.29) is 0 Å². The Hall–Kier alpha value is -4.20. The van der Waals surface area contributed by atoms with Crippen LogP contribution in [-0.2, 0) is 55.6 Å². The van der Waals surface area contributed by atoms with Gasteiger partial charge >= 0.3 is 55.6 Å². The van der Waals surface area contributed by atoms with Gasteiger partial charge in [-0.1, -0.05) is 0 Å². The van der Waals surface area contributed by atoms with Crippen molar-refractivity contribution in [1.29, 1.82) is 0 Å². The van der Waals surface area contributed by atoms with Crippen LogP contribution in [0.5, 0.6) is 0 Å². The van der Waals surface area contributed by atoms with E-state index in [9.17, 15) is 119 Å². The molecule has 0 N–H and O–H groups in total. The van der Waals surface area contributed by atoms with Gasteiger partial charge in [0, 0.05) is 0 Å². The van der Waals surface area contributed by atoms with Crippen molar-refractivity contribution >= 4 is 7.12 Å². The smallest absolute Gasteiger partial charge is 0.414 e. The Kier molecular flexibility index (Phi) is 9.46. The summed E-state index contributed by atoms with van der Waals surface area (Å²) < 4.78 is 364. The number of halogens is 27. The van der Waals surface area contributed by atoms with E-state index in [1.807, 2.05) is 0 Å². The van der Waals surface area contributed by atoms with Gasteiger partial charge in [0.15, 0.2) is 17.1 Å². The third-order valence-corrected chi connectivity index (χ3v) is 5.85. The Labute approximate surface area is 262 Å². The molecular weight excluding hydrogens is 824 g/mol. The normalized spacial score (nSPS) is 15.0. The van der Waals surface area contributed by atoms with Crippen molar-refractivity contribution in [3.63, 3.8) is 0 Å². The Morgan fingerprint density at radius 2 is 0.442 bits per heavy atom. The molecule has 3 heterocycles. The molecule has 0 fully saturated rings. The average molecular weight is 824 g/mol. The average Bonchev–Trinajstić information content (AvgIpc) is 3.54.